The van der Waals surface area contributed by atoms with Gasteiger partial charge in [-0.15, -0.1) is 22.7 Å². The van der Waals surface area contributed by atoms with Crippen LogP contribution in [0.3, 0.4) is 0 Å². The Bertz CT molecular complexity index is 855. The Kier molecular flexibility index (Phi) is 4.82. The summed E-state index contributed by atoms with van der Waals surface area (Å²) in [6.07, 6.45) is 1.80. The molecule has 0 unspecified atom stereocenters. The molecule has 128 valence electrons. The summed E-state index contributed by atoms with van der Waals surface area (Å²) >= 11 is 6.57. The topological polar surface area (TPSA) is 49.3 Å². The van der Waals surface area contributed by atoms with Crippen molar-refractivity contribution in [2.75, 3.05) is 31.1 Å². The molecule has 4 heterocycles. The molecule has 0 bridgehead atoms. The number of thiazole rings is 1. The molecule has 1 saturated heterocycles. The SMILES string of the molecule is O=C(c1csc(-c2cccs2)n1)N1CCN(c2ccc(Br)cn2)CC1. The van der Waals surface area contributed by atoms with Crippen LogP contribution in [0.5, 0.6) is 0 Å². The van der Waals surface area contributed by atoms with Crippen molar-refractivity contribution >= 4 is 50.3 Å². The van der Waals surface area contributed by atoms with E-state index in [9.17, 15) is 4.79 Å². The molecular weight excluding hydrogens is 420 g/mol. The van der Waals surface area contributed by atoms with E-state index in [0.29, 0.717) is 18.8 Å². The van der Waals surface area contributed by atoms with E-state index < -0.39 is 0 Å². The molecule has 4 rings (SSSR count). The average Bonchev–Trinajstić information content (AvgIpc) is 3.33. The minimum Gasteiger partial charge on any atom is -0.353 e. The highest BCUT2D eigenvalue weighted by molar-refractivity contribution is 9.10. The molecule has 3 aromatic heterocycles. The van der Waals surface area contributed by atoms with Crippen LogP contribution in [0.4, 0.5) is 5.82 Å². The molecule has 1 amide bonds. The van der Waals surface area contributed by atoms with E-state index in [1.165, 1.54) is 11.3 Å². The Morgan fingerprint density at radius 3 is 2.64 bits per heavy atom. The van der Waals surface area contributed by atoms with Crippen LogP contribution in [0, 0.1) is 0 Å². The average molecular weight is 435 g/mol. The number of carbonyl (C=O) groups is 1. The van der Waals surface area contributed by atoms with Crippen LogP contribution in [0.25, 0.3) is 9.88 Å². The monoisotopic (exact) mass is 434 g/mol. The second-order valence-electron chi connectivity index (χ2n) is 5.63. The van der Waals surface area contributed by atoms with Gasteiger partial charge in [-0.25, -0.2) is 9.97 Å². The zero-order valence-corrected chi connectivity index (χ0v) is 16.5. The fourth-order valence-corrected chi connectivity index (χ4v) is 4.58. The summed E-state index contributed by atoms with van der Waals surface area (Å²) in [5.74, 6) is 0.964. The highest BCUT2D eigenvalue weighted by Crippen LogP contribution is 2.28. The minimum absolute atomic E-state index is 0.0162. The number of thiophene rings is 1. The molecule has 0 aliphatic carbocycles. The molecule has 5 nitrogen and oxygen atoms in total. The van der Waals surface area contributed by atoms with Crippen LogP contribution in [0.1, 0.15) is 10.5 Å². The molecule has 0 aromatic carbocycles. The van der Waals surface area contributed by atoms with E-state index in [1.807, 2.05) is 39.9 Å². The predicted molar refractivity (Wildman–Crippen MR) is 105 cm³/mol. The number of nitrogens with zero attached hydrogens (tertiary/aromatic N) is 4. The lowest BCUT2D eigenvalue weighted by molar-refractivity contribution is 0.0741. The first-order chi connectivity index (χ1) is 12.2. The molecule has 0 atom stereocenters. The Morgan fingerprint density at radius 2 is 1.96 bits per heavy atom. The third-order valence-electron chi connectivity index (χ3n) is 4.06. The van der Waals surface area contributed by atoms with Crippen LogP contribution in [-0.2, 0) is 0 Å². The Hall–Kier alpha value is -1.77. The third kappa shape index (κ3) is 3.61. The van der Waals surface area contributed by atoms with Gasteiger partial charge in [-0.1, -0.05) is 6.07 Å². The zero-order chi connectivity index (χ0) is 17.2. The number of aromatic nitrogens is 2. The van der Waals surface area contributed by atoms with Gasteiger partial charge in [-0.3, -0.25) is 4.79 Å². The van der Waals surface area contributed by atoms with Crippen LogP contribution >= 0.6 is 38.6 Å². The maximum absolute atomic E-state index is 12.7. The van der Waals surface area contributed by atoms with Gasteiger partial charge in [0.15, 0.2) is 0 Å². The molecule has 1 fully saturated rings. The quantitative estimate of drug-likeness (QED) is 0.624. The maximum atomic E-state index is 12.7. The molecular formula is C17H15BrN4OS2. The van der Waals surface area contributed by atoms with Crippen molar-refractivity contribution in [2.45, 2.75) is 0 Å². The number of hydrogen-bond acceptors (Lipinski definition) is 6. The number of halogens is 1. The van der Waals surface area contributed by atoms with Gasteiger partial charge in [0.05, 0.1) is 4.88 Å². The number of carbonyl (C=O) groups excluding carboxylic acids is 1. The van der Waals surface area contributed by atoms with Crippen molar-refractivity contribution in [1.29, 1.82) is 0 Å². The van der Waals surface area contributed by atoms with E-state index in [2.05, 4.69) is 30.8 Å². The van der Waals surface area contributed by atoms with Gasteiger partial charge in [0, 0.05) is 42.2 Å². The summed E-state index contributed by atoms with van der Waals surface area (Å²) in [7, 11) is 0. The molecule has 0 N–H and O–H groups in total. The lowest BCUT2D eigenvalue weighted by Gasteiger charge is -2.35. The zero-order valence-electron chi connectivity index (χ0n) is 13.3. The van der Waals surface area contributed by atoms with E-state index in [-0.39, 0.29) is 5.91 Å². The lowest BCUT2D eigenvalue weighted by atomic mass is 10.2. The minimum atomic E-state index is 0.0162. The number of pyridine rings is 1. The smallest absolute Gasteiger partial charge is 0.273 e. The van der Waals surface area contributed by atoms with E-state index in [1.54, 1.807) is 17.5 Å². The number of hydrogen-bond donors (Lipinski definition) is 0. The molecule has 1 aliphatic heterocycles. The summed E-state index contributed by atoms with van der Waals surface area (Å²) in [5.41, 5.74) is 0.545. The number of amides is 1. The fraction of sp³-hybridized carbons (Fsp3) is 0.235. The summed E-state index contributed by atoms with van der Waals surface area (Å²) < 4.78 is 0.968. The van der Waals surface area contributed by atoms with Crippen molar-refractivity contribution < 1.29 is 4.79 Å². The van der Waals surface area contributed by atoms with Crippen molar-refractivity contribution in [3.05, 3.63) is 51.4 Å². The maximum Gasteiger partial charge on any atom is 0.273 e. The van der Waals surface area contributed by atoms with Crippen LogP contribution in [0.15, 0.2) is 45.7 Å². The van der Waals surface area contributed by atoms with Gasteiger partial charge in [-0.2, -0.15) is 0 Å². The number of piperazine rings is 1. The normalized spacial score (nSPS) is 14.8. The highest BCUT2D eigenvalue weighted by atomic mass is 79.9. The molecule has 3 aromatic rings. The first kappa shape index (κ1) is 16.7. The highest BCUT2D eigenvalue weighted by Gasteiger charge is 2.24. The summed E-state index contributed by atoms with van der Waals surface area (Å²) in [4.78, 5) is 26.8. The van der Waals surface area contributed by atoms with Gasteiger partial charge in [-0.05, 0) is 39.5 Å². The molecule has 25 heavy (non-hydrogen) atoms. The van der Waals surface area contributed by atoms with Gasteiger partial charge in [0.25, 0.3) is 5.91 Å². The molecule has 8 heteroatoms. The Morgan fingerprint density at radius 1 is 1.12 bits per heavy atom. The second-order valence-corrected chi connectivity index (χ2v) is 8.35. The van der Waals surface area contributed by atoms with Crippen molar-refractivity contribution in [3.63, 3.8) is 0 Å². The third-order valence-corrected chi connectivity index (χ3v) is 6.41. The fourth-order valence-electron chi connectivity index (χ4n) is 2.74. The molecule has 1 aliphatic rings. The largest absolute Gasteiger partial charge is 0.353 e. The Labute approximate surface area is 162 Å². The Balaban J connectivity index is 1.40. The number of anilines is 1. The number of rotatable bonds is 3. The predicted octanol–water partition coefficient (Wildman–Crippen LogP) is 3.99. The van der Waals surface area contributed by atoms with Crippen LogP contribution < -0.4 is 4.90 Å². The van der Waals surface area contributed by atoms with E-state index >= 15 is 0 Å². The van der Waals surface area contributed by atoms with Gasteiger partial charge in [0.1, 0.15) is 16.5 Å². The van der Waals surface area contributed by atoms with Gasteiger partial charge >= 0.3 is 0 Å². The summed E-state index contributed by atoms with van der Waals surface area (Å²) in [5, 5.41) is 4.80. The van der Waals surface area contributed by atoms with E-state index in [0.717, 1.165) is 33.3 Å². The first-order valence-electron chi connectivity index (χ1n) is 7.86. The molecule has 0 spiro atoms. The first-order valence-corrected chi connectivity index (χ1v) is 10.4. The van der Waals surface area contributed by atoms with Crippen LogP contribution in [-0.4, -0.2) is 47.0 Å². The van der Waals surface area contributed by atoms with Crippen LogP contribution in [0.2, 0.25) is 0 Å². The summed E-state index contributed by atoms with van der Waals surface area (Å²) in [6.45, 7) is 2.93. The van der Waals surface area contributed by atoms with Crippen molar-refractivity contribution in [3.8, 4) is 9.88 Å². The standard InChI is InChI=1S/C17H15BrN4OS2/c18-12-3-4-15(19-10-12)21-5-7-22(8-6-21)17(23)13-11-25-16(20-13)14-2-1-9-24-14/h1-4,9-11H,5-8H2. The van der Waals surface area contributed by atoms with Crippen molar-refractivity contribution in [2.24, 2.45) is 0 Å². The second kappa shape index (κ2) is 7.23. The van der Waals surface area contributed by atoms with Gasteiger partial charge in [0.2, 0.25) is 0 Å². The van der Waals surface area contributed by atoms with Crippen molar-refractivity contribution in [1.82, 2.24) is 14.9 Å². The molecule has 0 saturated carbocycles. The van der Waals surface area contributed by atoms with Gasteiger partial charge < -0.3 is 9.80 Å². The van der Waals surface area contributed by atoms with E-state index in [4.69, 9.17) is 0 Å². The lowest BCUT2D eigenvalue weighted by Crippen LogP contribution is -2.49. The molecule has 0 radical (unpaired) electrons. The summed E-state index contributed by atoms with van der Waals surface area (Å²) in [6, 6.07) is 8.01.